The predicted molar refractivity (Wildman–Crippen MR) is 57.8 cm³/mol. The van der Waals surface area contributed by atoms with Gasteiger partial charge in [0.25, 0.3) is 0 Å². The van der Waals surface area contributed by atoms with Gasteiger partial charge in [0, 0.05) is 12.5 Å². The molecule has 0 bridgehead atoms. The van der Waals surface area contributed by atoms with E-state index in [2.05, 4.69) is 5.32 Å². The Morgan fingerprint density at radius 2 is 2.13 bits per heavy atom. The van der Waals surface area contributed by atoms with Crippen LogP contribution in [0.5, 0.6) is 5.75 Å². The lowest BCUT2D eigenvalue weighted by atomic mass is 9.98. The lowest BCUT2D eigenvalue weighted by Gasteiger charge is -2.07. The summed E-state index contributed by atoms with van der Waals surface area (Å²) in [5.74, 6) is 1.19. The molecule has 3 heteroatoms. The number of amides is 1. The topological polar surface area (TPSA) is 38.3 Å². The highest BCUT2D eigenvalue weighted by Gasteiger charge is 2.23. The average Bonchev–Trinajstić information content (AvgIpc) is 2.66. The molecule has 0 aromatic heterocycles. The number of hydrogen-bond donors (Lipinski definition) is 1. The second-order valence-corrected chi connectivity index (χ2v) is 3.83. The smallest absolute Gasteiger partial charge is 0.223 e. The van der Waals surface area contributed by atoms with Crippen LogP contribution in [-0.2, 0) is 11.2 Å². The summed E-state index contributed by atoms with van der Waals surface area (Å²) < 4.78 is 5.08. The summed E-state index contributed by atoms with van der Waals surface area (Å²) in [4.78, 5) is 11.4. The normalized spacial score (nSPS) is 20.1. The van der Waals surface area contributed by atoms with Crippen molar-refractivity contribution < 1.29 is 9.53 Å². The third-order valence-corrected chi connectivity index (χ3v) is 2.80. The van der Waals surface area contributed by atoms with Crippen LogP contribution in [0.15, 0.2) is 24.3 Å². The summed E-state index contributed by atoms with van der Waals surface area (Å²) >= 11 is 0. The van der Waals surface area contributed by atoms with E-state index in [0.29, 0.717) is 0 Å². The first kappa shape index (κ1) is 10.0. The molecule has 1 amide bonds. The fourth-order valence-corrected chi connectivity index (χ4v) is 1.89. The van der Waals surface area contributed by atoms with Crippen molar-refractivity contribution in [3.8, 4) is 5.75 Å². The quantitative estimate of drug-likeness (QED) is 0.809. The first-order valence-electron chi connectivity index (χ1n) is 5.20. The highest BCUT2D eigenvalue weighted by atomic mass is 16.5. The molecule has 15 heavy (non-hydrogen) atoms. The number of hydrogen-bond acceptors (Lipinski definition) is 2. The van der Waals surface area contributed by atoms with Crippen molar-refractivity contribution in [2.45, 2.75) is 12.8 Å². The van der Waals surface area contributed by atoms with Crippen LogP contribution in [0.3, 0.4) is 0 Å². The highest BCUT2D eigenvalue weighted by molar-refractivity contribution is 5.80. The number of benzene rings is 1. The molecular formula is C12H15NO2. The summed E-state index contributed by atoms with van der Waals surface area (Å²) in [5, 5.41) is 2.85. The average molecular weight is 205 g/mol. The van der Waals surface area contributed by atoms with Crippen LogP contribution in [0.25, 0.3) is 0 Å². The Kier molecular flexibility index (Phi) is 2.90. The first-order valence-corrected chi connectivity index (χ1v) is 5.20. The van der Waals surface area contributed by atoms with Gasteiger partial charge in [-0.05, 0) is 30.5 Å². The Hall–Kier alpha value is -1.51. The SMILES string of the molecule is COc1ccc(CC2CCNC2=O)cc1. The van der Waals surface area contributed by atoms with Crippen molar-refractivity contribution in [2.24, 2.45) is 5.92 Å². The van der Waals surface area contributed by atoms with Gasteiger partial charge in [-0.15, -0.1) is 0 Å². The number of carbonyl (C=O) groups excluding carboxylic acids is 1. The first-order chi connectivity index (χ1) is 7.29. The highest BCUT2D eigenvalue weighted by Crippen LogP contribution is 2.18. The maximum atomic E-state index is 11.4. The summed E-state index contributed by atoms with van der Waals surface area (Å²) in [5.41, 5.74) is 1.19. The zero-order valence-electron chi connectivity index (χ0n) is 8.82. The molecular weight excluding hydrogens is 190 g/mol. The minimum absolute atomic E-state index is 0.151. The molecule has 2 rings (SSSR count). The van der Waals surface area contributed by atoms with Crippen molar-refractivity contribution in [1.82, 2.24) is 5.32 Å². The fraction of sp³-hybridized carbons (Fsp3) is 0.417. The molecule has 0 radical (unpaired) electrons. The second-order valence-electron chi connectivity index (χ2n) is 3.83. The van der Waals surface area contributed by atoms with Gasteiger partial charge in [-0.25, -0.2) is 0 Å². The maximum Gasteiger partial charge on any atom is 0.223 e. The summed E-state index contributed by atoms with van der Waals surface area (Å²) in [6.45, 7) is 0.819. The van der Waals surface area contributed by atoms with E-state index in [1.807, 2.05) is 24.3 Å². The van der Waals surface area contributed by atoms with E-state index < -0.39 is 0 Å². The third-order valence-electron chi connectivity index (χ3n) is 2.80. The van der Waals surface area contributed by atoms with Crippen LogP contribution in [0, 0.1) is 5.92 Å². The molecule has 1 fully saturated rings. The van der Waals surface area contributed by atoms with E-state index in [-0.39, 0.29) is 11.8 Å². The van der Waals surface area contributed by atoms with Crippen LogP contribution in [0.1, 0.15) is 12.0 Å². The van der Waals surface area contributed by atoms with Crippen LogP contribution >= 0.6 is 0 Å². The van der Waals surface area contributed by atoms with Gasteiger partial charge in [0.05, 0.1) is 7.11 Å². The third kappa shape index (κ3) is 2.29. The minimum atomic E-state index is 0.151. The van der Waals surface area contributed by atoms with E-state index >= 15 is 0 Å². The molecule has 80 valence electrons. The summed E-state index contributed by atoms with van der Waals surface area (Å²) in [6.07, 6.45) is 1.78. The molecule has 1 aliphatic heterocycles. The van der Waals surface area contributed by atoms with Crippen molar-refractivity contribution in [1.29, 1.82) is 0 Å². The Morgan fingerprint density at radius 1 is 1.40 bits per heavy atom. The molecule has 1 unspecified atom stereocenters. The molecule has 0 saturated carbocycles. The van der Waals surface area contributed by atoms with Gasteiger partial charge >= 0.3 is 0 Å². The standard InChI is InChI=1S/C12H15NO2/c1-15-11-4-2-9(3-5-11)8-10-6-7-13-12(10)14/h2-5,10H,6-8H2,1H3,(H,13,14). The molecule has 1 heterocycles. The summed E-state index contributed by atoms with van der Waals surface area (Å²) in [7, 11) is 1.65. The number of nitrogens with one attached hydrogen (secondary N) is 1. The molecule has 1 atom stereocenters. The van der Waals surface area contributed by atoms with E-state index in [4.69, 9.17) is 4.74 Å². The van der Waals surface area contributed by atoms with Crippen molar-refractivity contribution >= 4 is 5.91 Å². The molecule has 3 nitrogen and oxygen atoms in total. The largest absolute Gasteiger partial charge is 0.497 e. The molecule has 1 aromatic carbocycles. The molecule has 1 aliphatic rings. The minimum Gasteiger partial charge on any atom is -0.497 e. The lowest BCUT2D eigenvalue weighted by molar-refractivity contribution is -0.122. The predicted octanol–water partition coefficient (Wildman–Crippen LogP) is 1.37. The Balaban J connectivity index is 2.01. The lowest BCUT2D eigenvalue weighted by Crippen LogP contribution is -2.20. The van der Waals surface area contributed by atoms with E-state index in [1.54, 1.807) is 7.11 Å². The van der Waals surface area contributed by atoms with Gasteiger partial charge in [0.2, 0.25) is 5.91 Å². The Morgan fingerprint density at radius 3 is 2.67 bits per heavy atom. The van der Waals surface area contributed by atoms with Gasteiger partial charge in [0.15, 0.2) is 0 Å². The van der Waals surface area contributed by atoms with Gasteiger partial charge in [-0.1, -0.05) is 12.1 Å². The number of rotatable bonds is 3. The molecule has 1 saturated heterocycles. The van der Waals surface area contributed by atoms with Crippen LogP contribution in [0.2, 0.25) is 0 Å². The number of methoxy groups -OCH3 is 1. The summed E-state index contributed by atoms with van der Waals surface area (Å²) in [6, 6.07) is 7.90. The van der Waals surface area contributed by atoms with Crippen molar-refractivity contribution in [2.75, 3.05) is 13.7 Å². The van der Waals surface area contributed by atoms with Gasteiger partial charge in [-0.2, -0.15) is 0 Å². The Labute approximate surface area is 89.4 Å². The van der Waals surface area contributed by atoms with E-state index in [0.717, 1.165) is 25.1 Å². The van der Waals surface area contributed by atoms with E-state index in [1.165, 1.54) is 5.56 Å². The van der Waals surface area contributed by atoms with Crippen LogP contribution < -0.4 is 10.1 Å². The molecule has 1 N–H and O–H groups in total. The van der Waals surface area contributed by atoms with Gasteiger partial charge < -0.3 is 10.1 Å². The molecule has 0 spiro atoms. The zero-order chi connectivity index (χ0) is 10.7. The number of carbonyl (C=O) groups is 1. The Bertz CT molecular complexity index is 345. The van der Waals surface area contributed by atoms with E-state index in [9.17, 15) is 4.79 Å². The fourth-order valence-electron chi connectivity index (χ4n) is 1.89. The van der Waals surface area contributed by atoms with Crippen molar-refractivity contribution in [3.63, 3.8) is 0 Å². The van der Waals surface area contributed by atoms with Crippen LogP contribution in [-0.4, -0.2) is 19.6 Å². The molecule has 1 aromatic rings. The van der Waals surface area contributed by atoms with Crippen molar-refractivity contribution in [3.05, 3.63) is 29.8 Å². The maximum absolute atomic E-state index is 11.4. The second kappa shape index (κ2) is 4.34. The number of ether oxygens (including phenoxy) is 1. The zero-order valence-corrected chi connectivity index (χ0v) is 8.82. The van der Waals surface area contributed by atoms with Gasteiger partial charge in [-0.3, -0.25) is 4.79 Å². The molecule has 0 aliphatic carbocycles. The van der Waals surface area contributed by atoms with Gasteiger partial charge in [0.1, 0.15) is 5.75 Å². The van der Waals surface area contributed by atoms with Crippen LogP contribution in [0.4, 0.5) is 0 Å². The monoisotopic (exact) mass is 205 g/mol.